The fourth-order valence-electron chi connectivity index (χ4n) is 2.83. The van der Waals surface area contributed by atoms with Crippen LogP contribution in [0.15, 0.2) is 18.2 Å². The maximum absolute atomic E-state index is 9.40. The van der Waals surface area contributed by atoms with Crippen LogP contribution in [0.5, 0.6) is 5.75 Å². The van der Waals surface area contributed by atoms with Gasteiger partial charge in [-0.1, -0.05) is 26.0 Å². The molecule has 0 bridgehead atoms. The second kappa shape index (κ2) is 6.61. The second-order valence-corrected chi connectivity index (χ2v) is 5.93. The lowest BCUT2D eigenvalue weighted by Crippen LogP contribution is -2.38. The normalized spacial score (nSPS) is 23.6. The topological polar surface area (TPSA) is 52.9 Å². The van der Waals surface area contributed by atoms with Gasteiger partial charge >= 0.3 is 7.12 Å². The lowest BCUT2D eigenvalue weighted by molar-refractivity contribution is 0.132. The maximum Gasteiger partial charge on any atom is 0.492 e. The minimum Gasteiger partial charge on any atom is -0.497 e. The van der Waals surface area contributed by atoms with Crippen molar-refractivity contribution >= 4 is 12.6 Å². The molecule has 20 heavy (non-hydrogen) atoms. The van der Waals surface area contributed by atoms with E-state index in [0.717, 1.165) is 31.1 Å². The van der Waals surface area contributed by atoms with Crippen molar-refractivity contribution in [2.24, 2.45) is 11.8 Å². The molecule has 0 radical (unpaired) electrons. The van der Waals surface area contributed by atoms with Crippen LogP contribution in [0.3, 0.4) is 0 Å². The quantitative estimate of drug-likeness (QED) is 0.801. The number of piperidine rings is 1. The molecule has 2 atom stereocenters. The highest BCUT2D eigenvalue weighted by molar-refractivity contribution is 6.59. The first-order valence-electron chi connectivity index (χ1n) is 7.26. The fraction of sp³-hybridized carbons (Fsp3) is 0.600. The lowest BCUT2D eigenvalue weighted by Gasteiger charge is -2.35. The van der Waals surface area contributed by atoms with Crippen LogP contribution in [0.2, 0.25) is 0 Å². The highest BCUT2D eigenvalue weighted by Crippen LogP contribution is 2.23. The molecule has 0 saturated carbocycles. The Kier molecular flexibility index (Phi) is 5.08. The van der Waals surface area contributed by atoms with Crippen LogP contribution in [0.4, 0.5) is 0 Å². The minimum atomic E-state index is -1.50. The van der Waals surface area contributed by atoms with Crippen LogP contribution in [0.25, 0.3) is 0 Å². The Hall–Kier alpha value is -1.04. The summed E-state index contributed by atoms with van der Waals surface area (Å²) in [6, 6.07) is 5.62. The van der Waals surface area contributed by atoms with Crippen LogP contribution in [0, 0.1) is 11.8 Å². The van der Waals surface area contributed by atoms with Crippen molar-refractivity contribution in [3.8, 4) is 5.75 Å². The van der Waals surface area contributed by atoms with E-state index in [1.807, 2.05) is 12.1 Å². The number of ether oxygens (including phenoxy) is 1. The van der Waals surface area contributed by atoms with Crippen molar-refractivity contribution < 1.29 is 14.8 Å². The first-order valence-corrected chi connectivity index (χ1v) is 7.26. The zero-order valence-corrected chi connectivity index (χ0v) is 12.5. The molecule has 1 fully saturated rings. The SMILES string of the molecule is COc1ccc(CN2CCC(C)C(C)C2)cc1B(O)O. The molecule has 2 N–H and O–H groups in total. The third-order valence-corrected chi connectivity index (χ3v) is 4.40. The van der Waals surface area contributed by atoms with Crippen LogP contribution < -0.4 is 10.2 Å². The largest absolute Gasteiger partial charge is 0.497 e. The number of rotatable bonds is 4. The molecule has 1 heterocycles. The number of likely N-dealkylation sites (tertiary alicyclic amines) is 1. The van der Waals surface area contributed by atoms with Gasteiger partial charge in [0.1, 0.15) is 5.75 Å². The van der Waals surface area contributed by atoms with E-state index in [0.29, 0.717) is 17.1 Å². The van der Waals surface area contributed by atoms with E-state index in [9.17, 15) is 10.0 Å². The van der Waals surface area contributed by atoms with Gasteiger partial charge in [0.2, 0.25) is 0 Å². The summed E-state index contributed by atoms with van der Waals surface area (Å²) in [5.74, 6) is 2.02. The van der Waals surface area contributed by atoms with Gasteiger partial charge in [0.15, 0.2) is 0 Å². The molecule has 1 aromatic carbocycles. The molecule has 1 aromatic rings. The molecule has 5 heteroatoms. The number of hydrogen-bond acceptors (Lipinski definition) is 4. The van der Waals surface area contributed by atoms with Crippen molar-refractivity contribution in [1.29, 1.82) is 0 Å². The van der Waals surface area contributed by atoms with E-state index >= 15 is 0 Å². The lowest BCUT2D eigenvalue weighted by atomic mass is 9.78. The summed E-state index contributed by atoms with van der Waals surface area (Å²) in [4.78, 5) is 2.43. The Balaban J connectivity index is 2.08. The number of hydrogen-bond donors (Lipinski definition) is 2. The van der Waals surface area contributed by atoms with Gasteiger partial charge in [-0.15, -0.1) is 0 Å². The zero-order chi connectivity index (χ0) is 14.7. The summed E-state index contributed by atoms with van der Waals surface area (Å²) >= 11 is 0. The van der Waals surface area contributed by atoms with E-state index in [-0.39, 0.29) is 0 Å². The Morgan fingerprint density at radius 3 is 2.65 bits per heavy atom. The third kappa shape index (κ3) is 3.54. The van der Waals surface area contributed by atoms with Gasteiger partial charge in [-0.25, -0.2) is 0 Å². The Labute approximate surface area is 121 Å². The summed E-state index contributed by atoms with van der Waals surface area (Å²) < 4.78 is 5.15. The van der Waals surface area contributed by atoms with Crippen LogP contribution in [-0.4, -0.2) is 42.3 Å². The monoisotopic (exact) mass is 277 g/mol. The molecule has 0 aromatic heterocycles. The van der Waals surface area contributed by atoms with E-state index in [1.165, 1.54) is 13.5 Å². The molecule has 4 nitrogen and oxygen atoms in total. The van der Waals surface area contributed by atoms with Gasteiger partial charge in [-0.2, -0.15) is 0 Å². The second-order valence-electron chi connectivity index (χ2n) is 5.93. The highest BCUT2D eigenvalue weighted by atomic mass is 16.5. The fourth-order valence-corrected chi connectivity index (χ4v) is 2.83. The van der Waals surface area contributed by atoms with E-state index in [2.05, 4.69) is 18.7 Å². The van der Waals surface area contributed by atoms with Crippen molar-refractivity contribution in [1.82, 2.24) is 4.90 Å². The third-order valence-electron chi connectivity index (χ3n) is 4.40. The van der Waals surface area contributed by atoms with E-state index in [4.69, 9.17) is 4.74 Å². The molecule has 0 amide bonds. The molecule has 110 valence electrons. The Morgan fingerprint density at radius 2 is 2.05 bits per heavy atom. The van der Waals surface area contributed by atoms with Crippen LogP contribution >= 0.6 is 0 Å². The summed E-state index contributed by atoms with van der Waals surface area (Å²) in [6.45, 7) is 7.67. The Bertz CT molecular complexity index is 453. The van der Waals surface area contributed by atoms with Gasteiger partial charge < -0.3 is 14.8 Å². The maximum atomic E-state index is 9.40. The van der Waals surface area contributed by atoms with Gasteiger partial charge in [0.05, 0.1) is 7.11 Å². The molecule has 2 unspecified atom stereocenters. The average Bonchev–Trinajstić information content (AvgIpc) is 2.43. The molecule has 0 spiro atoms. The smallest absolute Gasteiger partial charge is 0.492 e. The first-order chi connectivity index (χ1) is 9.51. The summed E-state index contributed by atoms with van der Waals surface area (Å²) in [6.07, 6.45) is 1.23. The summed E-state index contributed by atoms with van der Waals surface area (Å²) in [7, 11) is 0.0411. The van der Waals surface area contributed by atoms with Crippen molar-refractivity contribution in [3.63, 3.8) is 0 Å². The van der Waals surface area contributed by atoms with E-state index in [1.54, 1.807) is 6.07 Å². The van der Waals surface area contributed by atoms with Gasteiger partial charge in [0.25, 0.3) is 0 Å². The van der Waals surface area contributed by atoms with Crippen LogP contribution in [-0.2, 0) is 6.54 Å². The van der Waals surface area contributed by atoms with Gasteiger partial charge in [0, 0.05) is 18.6 Å². The number of nitrogens with zero attached hydrogens (tertiary/aromatic N) is 1. The van der Waals surface area contributed by atoms with Crippen LogP contribution in [0.1, 0.15) is 25.8 Å². The van der Waals surface area contributed by atoms with Gasteiger partial charge in [-0.3, -0.25) is 4.90 Å². The number of methoxy groups -OCH3 is 1. The molecule has 0 aliphatic carbocycles. The summed E-state index contributed by atoms with van der Waals surface area (Å²) in [5.41, 5.74) is 1.53. The standard InChI is InChI=1S/C15H24BNO3/c1-11-6-7-17(9-12(11)2)10-13-4-5-15(20-3)14(8-13)16(18)19/h4-5,8,11-12,18-19H,6-7,9-10H2,1-3H3. The molecule has 2 rings (SSSR count). The first kappa shape index (κ1) is 15.4. The van der Waals surface area contributed by atoms with E-state index < -0.39 is 7.12 Å². The summed E-state index contributed by atoms with van der Waals surface area (Å²) in [5, 5.41) is 18.8. The predicted molar refractivity (Wildman–Crippen MR) is 81.0 cm³/mol. The Morgan fingerprint density at radius 1 is 1.30 bits per heavy atom. The molecule has 1 saturated heterocycles. The van der Waals surface area contributed by atoms with Crippen molar-refractivity contribution in [2.75, 3.05) is 20.2 Å². The zero-order valence-electron chi connectivity index (χ0n) is 12.5. The van der Waals surface area contributed by atoms with Crippen molar-refractivity contribution in [3.05, 3.63) is 23.8 Å². The van der Waals surface area contributed by atoms with Crippen molar-refractivity contribution in [2.45, 2.75) is 26.8 Å². The average molecular weight is 277 g/mol. The predicted octanol–water partition coefficient (Wildman–Crippen LogP) is 0.853. The molecular weight excluding hydrogens is 253 g/mol. The number of benzene rings is 1. The molecular formula is C15H24BNO3. The van der Waals surface area contributed by atoms with Gasteiger partial charge in [-0.05, 0) is 36.4 Å². The minimum absolute atomic E-state index is 0.434. The molecule has 1 aliphatic rings. The highest BCUT2D eigenvalue weighted by Gasteiger charge is 2.23. The molecule has 1 aliphatic heterocycles.